The molecule has 2 unspecified atom stereocenters. The van der Waals surface area contributed by atoms with Crippen molar-refractivity contribution in [2.45, 2.75) is 44.7 Å². The number of carbonyl (C=O) groups is 1. The highest BCUT2D eigenvalue weighted by molar-refractivity contribution is 5.85. The van der Waals surface area contributed by atoms with Gasteiger partial charge in [0.15, 0.2) is 0 Å². The van der Waals surface area contributed by atoms with Crippen LogP contribution < -0.4 is 11.1 Å². The molecule has 1 aromatic rings. The second-order valence-electron chi connectivity index (χ2n) is 4.91. The van der Waals surface area contributed by atoms with Crippen LogP contribution in [0.3, 0.4) is 0 Å². The van der Waals surface area contributed by atoms with Gasteiger partial charge in [-0.15, -0.1) is 0 Å². The van der Waals surface area contributed by atoms with E-state index in [9.17, 15) is 4.79 Å². The second kappa shape index (κ2) is 5.97. The van der Waals surface area contributed by atoms with E-state index in [1.807, 2.05) is 13.0 Å². The summed E-state index contributed by atoms with van der Waals surface area (Å²) in [7, 11) is 1.32. The van der Waals surface area contributed by atoms with Crippen molar-refractivity contribution in [1.82, 2.24) is 9.97 Å². The van der Waals surface area contributed by atoms with Crippen LogP contribution >= 0.6 is 0 Å². The first-order valence-electron chi connectivity index (χ1n) is 6.56. The minimum absolute atomic E-state index is 0.0781. The molecule has 1 heterocycles. The number of aromatic nitrogens is 2. The first-order chi connectivity index (χ1) is 9.10. The molecule has 0 bridgehead atoms. The van der Waals surface area contributed by atoms with E-state index in [1.54, 1.807) is 0 Å². The summed E-state index contributed by atoms with van der Waals surface area (Å²) in [6, 6.07) is 2.15. The number of nitrogens with zero attached hydrogens (tertiary/aromatic N) is 2. The fourth-order valence-electron chi connectivity index (χ4n) is 2.35. The maximum atomic E-state index is 11.5. The van der Waals surface area contributed by atoms with Crippen LogP contribution in [0.1, 0.15) is 42.0 Å². The topological polar surface area (TPSA) is 90.1 Å². The Morgan fingerprint density at radius 3 is 2.84 bits per heavy atom. The van der Waals surface area contributed by atoms with Gasteiger partial charge >= 0.3 is 5.97 Å². The molecule has 1 aliphatic carbocycles. The predicted octanol–water partition coefficient (Wildman–Crippen LogP) is 1.25. The summed E-state index contributed by atoms with van der Waals surface area (Å²) in [4.78, 5) is 19.7. The summed E-state index contributed by atoms with van der Waals surface area (Å²) in [6.07, 6.45) is 4.39. The Hall–Kier alpha value is -1.69. The van der Waals surface area contributed by atoms with Crippen LogP contribution in [0.2, 0.25) is 0 Å². The lowest BCUT2D eigenvalue weighted by molar-refractivity contribution is 0.0586. The number of hydrogen-bond acceptors (Lipinski definition) is 6. The van der Waals surface area contributed by atoms with Crippen molar-refractivity contribution in [1.29, 1.82) is 0 Å². The molecule has 0 spiro atoms. The minimum atomic E-state index is -0.528. The van der Waals surface area contributed by atoms with E-state index < -0.39 is 5.97 Å². The molecule has 104 valence electrons. The Labute approximate surface area is 112 Å². The van der Waals surface area contributed by atoms with E-state index in [1.165, 1.54) is 20.0 Å². The van der Waals surface area contributed by atoms with E-state index in [0.29, 0.717) is 5.82 Å². The van der Waals surface area contributed by atoms with Crippen molar-refractivity contribution in [3.05, 3.63) is 17.6 Å². The molecule has 1 saturated carbocycles. The van der Waals surface area contributed by atoms with Crippen molar-refractivity contribution < 1.29 is 9.53 Å². The number of hydrogen-bond donors (Lipinski definition) is 2. The number of nitrogens with one attached hydrogen (secondary N) is 1. The van der Waals surface area contributed by atoms with Crippen molar-refractivity contribution >= 4 is 11.8 Å². The van der Waals surface area contributed by atoms with E-state index >= 15 is 0 Å². The average Bonchev–Trinajstić information content (AvgIpc) is 2.40. The molecule has 6 nitrogen and oxygen atoms in total. The molecule has 2 atom stereocenters. The lowest BCUT2D eigenvalue weighted by Crippen LogP contribution is -2.42. The van der Waals surface area contributed by atoms with Crippen molar-refractivity contribution in [3.8, 4) is 0 Å². The molecular formula is C13H20N4O2. The van der Waals surface area contributed by atoms with Crippen molar-refractivity contribution in [2.24, 2.45) is 5.73 Å². The SMILES string of the molecule is COC(=O)c1nc(C)cc(NC2CCCCC2N)n1. The van der Waals surface area contributed by atoms with Gasteiger partial charge in [-0.05, 0) is 19.8 Å². The van der Waals surface area contributed by atoms with Gasteiger partial charge in [0, 0.05) is 23.8 Å². The van der Waals surface area contributed by atoms with Gasteiger partial charge in [-0.1, -0.05) is 12.8 Å². The lowest BCUT2D eigenvalue weighted by Gasteiger charge is -2.29. The summed E-state index contributed by atoms with van der Waals surface area (Å²) in [5, 5.41) is 3.31. The molecule has 6 heteroatoms. The predicted molar refractivity (Wildman–Crippen MR) is 72.0 cm³/mol. The normalized spacial score (nSPS) is 22.9. The highest BCUT2D eigenvalue weighted by Crippen LogP contribution is 2.20. The molecule has 0 radical (unpaired) electrons. The highest BCUT2D eigenvalue weighted by Gasteiger charge is 2.22. The molecule has 1 fully saturated rings. The Morgan fingerprint density at radius 1 is 1.42 bits per heavy atom. The zero-order valence-electron chi connectivity index (χ0n) is 11.3. The Morgan fingerprint density at radius 2 is 2.16 bits per heavy atom. The third-order valence-corrected chi connectivity index (χ3v) is 3.37. The molecule has 1 aromatic heterocycles. The van der Waals surface area contributed by atoms with Crippen LogP contribution in [0.15, 0.2) is 6.07 Å². The Kier molecular flexibility index (Phi) is 4.31. The third kappa shape index (κ3) is 3.41. The standard InChI is InChI=1S/C13H20N4O2/c1-8-7-11(17-12(15-8)13(18)19-2)16-10-6-4-3-5-9(10)14/h7,9-10H,3-6,14H2,1-2H3,(H,15,16,17). The molecular weight excluding hydrogens is 244 g/mol. The first kappa shape index (κ1) is 13.7. The van der Waals surface area contributed by atoms with Gasteiger partial charge in [0.25, 0.3) is 0 Å². The first-order valence-corrected chi connectivity index (χ1v) is 6.56. The van der Waals surface area contributed by atoms with Crippen LogP contribution in [-0.2, 0) is 4.74 Å². The monoisotopic (exact) mass is 264 g/mol. The maximum Gasteiger partial charge on any atom is 0.376 e. The summed E-state index contributed by atoms with van der Waals surface area (Å²) in [6.45, 7) is 1.82. The van der Waals surface area contributed by atoms with E-state index in [0.717, 1.165) is 18.5 Å². The largest absolute Gasteiger partial charge is 0.463 e. The fourth-order valence-corrected chi connectivity index (χ4v) is 2.35. The summed E-state index contributed by atoms with van der Waals surface area (Å²) in [5.41, 5.74) is 6.82. The average molecular weight is 264 g/mol. The molecule has 0 aromatic carbocycles. The smallest absolute Gasteiger partial charge is 0.376 e. The van der Waals surface area contributed by atoms with Gasteiger partial charge in [0.05, 0.1) is 7.11 Å². The summed E-state index contributed by atoms with van der Waals surface area (Å²) in [5.74, 6) is 0.185. The molecule has 1 aliphatic rings. The van der Waals surface area contributed by atoms with Crippen molar-refractivity contribution in [2.75, 3.05) is 12.4 Å². The van der Waals surface area contributed by atoms with Gasteiger partial charge < -0.3 is 15.8 Å². The highest BCUT2D eigenvalue weighted by atomic mass is 16.5. The summed E-state index contributed by atoms with van der Waals surface area (Å²) >= 11 is 0. The number of rotatable bonds is 3. The minimum Gasteiger partial charge on any atom is -0.463 e. The van der Waals surface area contributed by atoms with E-state index in [-0.39, 0.29) is 17.9 Å². The molecule has 3 N–H and O–H groups in total. The summed E-state index contributed by atoms with van der Waals surface area (Å²) < 4.78 is 4.64. The van der Waals surface area contributed by atoms with Gasteiger partial charge in [-0.25, -0.2) is 14.8 Å². The number of methoxy groups -OCH3 is 1. The molecule has 19 heavy (non-hydrogen) atoms. The van der Waals surface area contributed by atoms with E-state index in [4.69, 9.17) is 5.73 Å². The number of carbonyl (C=O) groups excluding carboxylic acids is 1. The van der Waals surface area contributed by atoms with Gasteiger partial charge in [0.1, 0.15) is 5.82 Å². The Balaban J connectivity index is 2.15. The lowest BCUT2D eigenvalue weighted by atomic mass is 9.91. The molecule has 2 rings (SSSR count). The second-order valence-corrected chi connectivity index (χ2v) is 4.91. The number of aryl methyl sites for hydroxylation is 1. The van der Waals surface area contributed by atoms with Crippen LogP contribution in [0, 0.1) is 6.92 Å². The zero-order chi connectivity index (χ0) is 13.8. The van der Waals surface area contributed by atoms with Crippen LogP contribution in [-0.4, -0.2) is 35.1 Å². The van der Waals surface area contributed by atoms with Gasteiger partial charge in [-0.3, -0.25) is 0 Å². The Bertz CT molecular complexity index is 464. The van der Waals surface area contributed by atoms with Gasteiger partial charge in [-0.2, -0.15) is 0 Å². The molecule has 0 amide bonds. The zero-order valence-corrected chi connectivity index (χ0v) is 11.3. The number of esters is 1. The molecule has 0 aliphatic heterocycles. The maximum absolute atomic E-state index is 11.5. The fraction of sp³-hybridized carbons (Fsp3) is 0.615. The third-order valence-electron chi connectivity index (χ3n) is 3.37. The number of nitrogens with two attached hydrogens (primary N) is 1. The van der Waals surface area contributed by atoms with Crippen LogP contribution in [0.5, 0.6) is 0 Å². The van der Waals surface area contributed by atoms with Crippen LogP contribution in [0.25, 0.3) is 0 Å². The number of anilines is 1. The van der Waals surface area contributed by atoms with E-state index in [2.05, 4.69) is 20.0 Å². The van der Waals surface area contributed by atoms with Crippen molar-refractivity contribution in [3.63, 3.8) is 0 Å². The van der Waals surface area contributed by atoms with Gasteiger partial charge in [0.2, 0.25) is 5.82 Å². The van der Waals surface area contributed by atoms with Crippen LogP contribution in [0.4, 0.5) is 5.82 Å². The number of ether oxygens (including phenoxy) is 1. The molecule has 0 saturated heterocycles. The quantitative estimate of drug-likeness (QED) is 0.799.